The number of halogens is 1. The molecule has 0 bridgehead atoms. The van der Waals surface area contributed by atoms with E-state index in [0.717, 1.165) is 5.56 Å². The average molecular weight is 443 g/mol. The number of fused-ring (bicyclic) bond motifs is 2. The second kappa shape index (κ2) is 7.86. The Morgan fingerprint density at radius 1 is 1.29 bits per heavy atom. The number of aryl methyl sites for hydroxylation is 1. The Hall–Kier alpha value is -3.10. The number of hydrogen-bond acceptors (Lipinski definition) is 5. The van der Waals surface area contributed by atoms with Crippen molar-refractivity contribution < 1.29 is 19.1 Å². The van der Waals surface area contributed by atoms with Crippen molar-refractivity contribution in [3.8, 4) is 5.75 Å². The zero-order valence-electron chi connectivity index (χ0n) is 17.1. The van der Waals surface area contributed by atoms with Gasteiger partial charge in [0.25, 0.3) is 0 Å². The van der Waals surface area contributed by atoms with Crippen LogP contribution in [0.3, 0.4) is 0 Å². The molecule has 0 aliphatic carbocycles. The Labute approximate surface area is 184 Å². The number of nitrogens with two attached hydrogens (primary N) is 1. The molecular formula is C22H23ClN4O4. The fourth-order valence-electron chi connectivity index (χ4n) is 4.53. The second-order valence-corrected chi connectivity index (χ2v) is 8.36. The average Bonchev–Trinajstić information content (AvgIpc) is 3.22. The fraction of sp³-hybridized carbons (Fsp3) is 0.318. The number of rotatable bonds is 5. The molecule has 8 nitrogen and oxygen atoms in total. The van der Waals surface area contributed by atoms with Crippen LogP contribution >= 0.6 is 11.6 Å². The molecule has 3 amide bonds. The van der Waals surface area contributed by atoms with Crippen LogP contribution in [0.5, 0.6) is 5.75 Å². The van der Waals surface area contributed by atoms with Gasteiger partial charge < -0.3 is 21.1 Å². The maximum Gasteiger partial charge on any atom is 0.250 e. The topological polar surface area (TPSA) is 123 Å². The van der Waals surface area contributed by atoms with E-state index < -0.39 is 23.4 Å². The Bertz CT molecular complexity index is 1070. The van der Waals surface area contributed by atoms with E-state index in [1.807, 2.05) is 13.0 Å². The Morgan fingerprint density at radius 3 is 2.65 bits per heavy atom. The van der Waals surface area contributed by atoms with Gasteiger partial charge in [-0.25, -0.2) is 0 Å². The number of methoxy groups -OCH3 is 1. The van der Waals surface area contributed by atoms with Crippen molar-refractivity contribution in [1.82, 2.24) is 5.32 Å². The Balaban J connectivity index is 1.73. The second-order valence-electron chi connectivity index (χ2n) is 7.95. The first-order valence-corrected chi connectivity index (χ1v) is 10.3. The molecule has 31 heavy (non-hydrogen) atoms. The number of carbonyl (C=O) groups is 3. The van der Waals surface area contributed by atoms with Crippen LogP contribution < -0.4 is 26.4 Å². The lowest BCUT2D eigenvalue weighted by atomic mass is 9.79. The van der Waals surface area contributed by atoms with E-state index in [9.17, 15) is 14.4 Å². The van der Waals surface area contributed by atoms with Gasteiger partial charge in [-0.15, -0.1) is 0 Å². The highest BCUT2D eigenvalue weighted by Crippen LogP contribution is 2.50. The van der Waals surface area contributed by atoms with Gasteiger partial charge in [-0.1, -0.05) is 17.7 Å². The molecule has 9 heteroatoms. The Morgan fingerprint density at radius 2 is 2.00 bits per heavy atom. The summed E-state index contributed by atoms with van der Waals surface area (Å²) in [5, 5.41) is 9.33. The summed E-state index contributed by atoms with van der Waals surface area (Å²) in [5.41, 5.74) is 6.56. The van der Waals surface area contributed by atoms with Crippen molar-refractivity contribution in [3.63, 3.8) is 0 Å². The standard InChI is InChI=1S/C22H23ClN4O4/c1-11-7-15-19(17(23)8-11)26-21(30)22(15)16(9-13(27-22)10-18(24)28)20(29)25-12-3-5-14(31-2)6-4-12/h3-8,13,16,27H,9-10H2,1-2H3,(H2,24,28)(H,25,29)(H,26,30)/t13?,16?,22-/m1/s1. The van der Waals surface area contributed by atoms with Crippen LogP contribution in [-0.2, 0) is 19.9 Å². The molecule has 0 radical (unpaired) electrons. The third-order valence-corrected chi connectivity index (χ3v) is 6.15. The summed E-state index contributed by atoms with van der Waals surface area (Å²) >= 11 is 6.38. The summed E-state index contributed by atoms with van der Waals surface area (Å²) in [5.74, 6) is -1.35. The van der Waals surface area contributed by atoms with Crippen LogP contribution in [0, 0.1) is 12.8 Å². The van der Waals surface area contributed by atoms with E-state index in [-0.39, 0.29) is 24.7 Å². The molecule has 2 aromatic carbocycles. The van der Waals surface area contributed by atoms with Crippen molar-refractivity contribution in [2.45, 2.75) is 31.3 Å². The number of anilines is 2. The summed E-state index contributed by atoms with van der Waals surface area (Å²) < 4.78 is 5.14. The maximum atomic E-state index is 13.4. The monoisotopic (exact) mass is 442 g/mol. The van der Waals surface area contributed by atoms with Crippen molar-refractivity contribution >= 4 is 40.7 Å². The van der Waals surface area contributed by atoms with Crippen LogP contribution in [0.4, 0.5) is 11.4 Å². The first-order valence-electron chi connectivity index (χ1n) is 9.87. The van der Waals surface area contributed by atoms with Crippen LogP contribution in [0.25, 0.3) is 0 Å². The first-order chi connectivity index (χ1) is 14.7. The number of primary amides is 1. The van der Waals surface area contributed by atoms with Gasteiger partial charge in [-0.2, -0.15) is 0 Å². The molecule has 0 aromatic heterocycles. The minimum Gasteiger partial charge on any atom is -0.497 e. The number of nitrogens with one attached hydrogen (secondary N) is 3. The molecule has 2 aliphatic rings. The van der Waals surface area contributed by atoms with Crippen molar-refractivity contribution in [3.05, 3.63) is 52.5 Å². The molecule has 1 fully saturated rings. The predicted molar refractivity (Wildman–Crippen MR) is 117 cm³/mol. The lowest BCUT2D eigenvalue weighted by Crippen LogP contribution is -2.52. The highest BCUT2D eigenvalue weighted by molar-refractivity contribution is 6.35. The molecule has 162 valence electrons. The van der Waals surface area contributed by atoms with E-state index in [0.29, 0.717) is 27.7 Å². The minimum absolute atomic E-state index is 0.0101. The van der Waals surface area contributed by atoms with Crippen molar-refractivity contribution in [2.24, 2.45) is 11.7 Å². The van der Waals surface area contributed by atoms with Crippen molar-refractivity contribution in [2.75, 3.05) is 17.7 Å². The molecule has 4 rings (SSSR count). The molecular weight excluding hydrogens is 420 g/mol. The van der Waals surface area contributed by atoms with E-state index in [1.54, 1.807) is 37.4 Å². The lowest BCUT2D eigenvalue weighted by Gasteiger charge is -2.29. The van der Waals surface area contributed by atoms with E-state index in [2.05, 4.69) is 16.0 Å². The number of carbonyl (C=O) groups excluding carboxylic acids is 3. The molecule has 2 unspecified atom stereocenters. The highest BCUT2D eigenvalue weighted by Gasteiger charge is 2.60. The normalized spacial score (nSPS) is 24.0. The smallest absolute Gasteiger partial charge is 0.250 e. The van der Waals surface area contributed by atoms with Crippen LogP contribution in [-0.4, -0.2) is 30.9 Å². The van der Waals surface area contributed by atoms with E-state index >= 15 is 0 Å². The molecule has 0 saturated carbocycles. The van der Waals surface area contributed by atoms with E-state index in [4.69, 9.17) is 22.1 Å². The summed E-state index contributed by atoms with van der Waals surface area (Å²) in [7, 11) is 1.56. The number of benzene rings is 2. The van der Waals surface area contributed by atoms with Gasteiger partial charge in [0.15, 0.2) is 0 Å². The minimum atomic E-state index is -1.35. The largest absolute Gasteiger partial charge is 0.497 e. The Kier molecular flexibility index (Phi) is 5.36. The van der Waals surface area contributed by atoms with Gasteiger partial charge in [-0.3, -0.25) is 19.7 Å². The third kappa shape index (κ3) is 3.62. The molecule has 5 N–H and O–H groups in total. The summed E-state index contributed by atoms with van der Waals surface area (Å²) in [6, 6.07) is 10.1. The SMILES string of the molecule is COc1ccc(NC(=O)C2CC(CC(N)=O)N[C@@]23C(=O)Nc2c(Cl)cc(C)cc23)cc1. The summed E-state index contributed by atoms with van der Waals surface area (Å²) in [6.07, 6.45) is 0.277. The quantitative estimate of drug-likeness (QED) is 0.566. The highest BCUT2D eigenvalue weighted by atomic mass is 35.5. The maximum absolute atomic E-state index is 13.4. The molecule has 2 aliphatic heterocycles. The van der Waals surface area contributed by atoms with Crippen LogP contribution in [0.1, 0.15) is 24.0 Å². The molecule has 2 heterocycles. The van der Waals surface area contributed by atoms with E-state index in [1.165, 1.54) is 0 Å². The fourth-order valence-corrected chi connectivity index (χ4v) is 4.85. The van der Waals surface area contributed by atoms with Crippen LogP contribution in [0.2, 0.25) is 5.02 Å². The zero-order chi connectivity index (χ0) is 22.3. The number of hydrogen-bond donors (Lipinski definition) is 4. The van der Waals surface area contributed by atoms with Gasteiger partial charge in [0.1, 0.15) is 11.3 Å². The van der Waals surface area contributed by atoms with Gasteiger partial charge >= 0.3 is 0 Å². The summed E-state index contributed by atoms with van der Waals surface area (Å²) in [6.45, 7) is 1.87. The van der Waals surface area contributed by atoms with Gasteiger partial charge in [0, 0.05) is 23.7 Å². The van der Waals surface area contributed by atoms with Gasteiger partial charge in [0.05, 0.1) is 23.7 Å². The summed E-state index contributed by atoms with van der Waals surface area (Å²) in [4.78, 5) is 38.2. The molecule has 3 atom stereocenters. The van der Waals surface area contributed by atoms with Crippen molar-refractivity contribution in [1.29, 1.82) is 0 Å². The molecule has 1 spiro atoms. The molecule has 2 aromatic rings. The molecule has 1 saturated heterocycles. The first kappa shape index (κ1) is 21.1. The third-order valence-electron chi connectivity index (χ3n) is 5.85. The predicted octanol–water partition coefficient (Wildman–Crippen LogP) is 2.30. The van der Waals surface area contributed by atoms with Gasteiger partial charge in [0.2, 0.25) is 17.7 Å². The number of ether oxygens (including phenoxy) is 1. The van der Waals surface area contributed by atoms with Gasteiger partial charge in [-0.05, 0) is 49.2 Å². The zero-order valence-corrected chi connectivity index (χ0v) is 17.9. The van der Waals surface area contributed by atoms with Crippen LogP contribution in [0.15, 0.2) is 36.4 Å². The lowest BCUT2D eigenvalue weighted by molar-refractivity contribution is -0.130. The number of amides is 3.